The molecule has 1 aromatic rings. The molecule has 94 valence electrons. The molecule has 17 heavy (non-hydrogen) atoms. The monoisotopic (exact) mass is 237 g/mol. The number of hydrogen-bond donors (Lipinski definition) is 2. The number of likely N-dealkylation sites (tertiary alicyclic amines) is 1. The lowest BCUT2D eigenvalue weighted by molar-refractivity contribution is -0.121. The predicted molar refractivity (Wildman–Crippen MR) is 65.3 cm³/mol. The van der Waals surface area contributed by atoms with Crippen molar-refractivity contribution in [2.24, 2.45) is 0 Å². The van der Waals surface area contributed by atoms with Gasteiger partial charge in [0.05, 0.1) is 11.9 Å². The third-order valence-corrected chi connectivity index (χ3v) is 2.91. The van der Waals surface area contributed by atoms with Crippen molar-refractivity contribution in [1.29, 1.82) is 0 Å². The summed E-state index contributed by atoms with van der Waals surface area (Å²) in [7, 11) is 0. The molecule has 1 aliphatic heterocycles. The number of nitrogens with two attached hydrogens (primary N) is 1. The molecule has 0 unspecified atom stereocenters. The molecule has 6 nitrogen and oxygen atoms in total. The molecule has 2 heterocycles. The topological polar surface area (TPSA) is 76.2 Å². The summed E-state index contributed by atoms with van der Waals surface area (Å²) in [5.74, 6) is -0.0210. The van der Waals surface area contributed by atoms with Crippen LogP contribution in [0.2, 0.25) is 0 Å². The Labute approximate surface area is 101 Å². The molecular formula is C11H19N5O. The number of hydrogen-bond acceptors (Lipinski definition) is 4. The lowest BCUT2D eigenvalue weighted by Gasteiger charge is -2.14. The Hall–Kier alpha value is -1.56. The van der Waals surface area contributed by atoms with Crippen molar-refractivity contribution in [3.8, 4) is 0 Å². The predicted octanol–water partition coefficient (Wildman–Crippen LogP) is -0.323. The highest BCUT2D eigenvalue weighted by Gasteiger charge is 2.11. The van der Waals surface area contributed by atoms with Gasteiger partial charge in [-0.05, 0) is 25.9 Å². The molecule has 3 N–H and O–H groups in total. The summed E-state index contributed by atoms with van der Waals surface area (Å²) in [4.78, 5) is 13.9. The number of carbonyl (C=O) groups excluding carboxylic acids is 1. The highest BCUT2D eigenvalue weighted by atomic mass is 16.2. The summed E-state index contributed by atoms with van der Waals surface area (Å²) in [6, 6.07) is 0. The highest BCUT2D eigenvalue weighted by molar-refractivity contribution is 5.75. The minimum atomic E-state index is -0.0210. The van der Waals surface area contributed by atoms with Crippen molar-refractivity contribution in [1.82, 2.24) is 20.0 Å². The Morgan fingerprint density at radius 3 is 2.88 bits per heavy atom. The van der Waals surface area contributed by atoms with Crippen LogP contribution in [0, 0.1) is 0 Å². The van der Waals surface area contributed by atoms with Gasteiger partial charge in [-0.1, -0.05) is 0 Å². The van der Waals surface area contributed by atoms with Gasteiger partial charge in [0.1, 0.15) is 6.54 Å². The van der Waals surface area contributed by atoms with Gasteiger partial charge in [-0.3, -0.25) is 9.48 Å². The molecule has 0 atom stereocenters. The average molecular weight is 237 g/mol. The second kappa shape index (κ2) is 5.67. The normalized spacial score (nSPS) is 16.2. The van der Waals surface area contributed by atoms with E-state index in [1.54, 1.807) is 10.9 Å². The van der Waals surface area contributed by atoms with E-state index in [0.717, 1.165) is 19.6 Å². The minimum Gasteiger partial charge on any atom is -0.396 e. The average Bonchev–Trinajstić information content (AvgIpc) is 2.90. The third-order valence-electron chi connectivity index (χ3n) is 2.91. The zero-order valence-electron chi connectivity index (χ0n) is 9.93. The van der Waals surface area contributed by atoms with Crippen LogP contribution < -0.4 is 11.1 Å². The standard InChI is InChI=1S/C11H19N5O/c12-10-7-14-16(8-10)9-11(17)13-3-6-15-4-1-2-5-15/h7-8H,1-6,9,12H2,(H,13,17). The van der Waals surface area contributed by atoms with Crippen molar-refractivity contribution in [3.63, 3.8) is 0 Å². The van der Waals surface area contributed by atoms with E-state index < -0.39 is 0 Å². The SMILES string of the molecule is Nc1cnn(CC(=O)NCCN2CCCC2)c1. The summed E-state index contributed by atoms with van der Waals surface area (Å²) < 4.78 is 1.54. The molecule has 1 amide bonds. The first-order valence-electron chi connectivity index (χ1n) is 6.01. The third kappa shape index (κ3) is 3.74. The maximum absolute atomic E-state index is 11.6. The molecule has 1 saturated heterocycles. The Kier molecular flexibility index (Phi) is 3.98. The number of rotatable bonds is 5. The van der Waals surface area contributed by atoms with Gasteiger partial charge in [0.15, 0.2) is 0 Å². The first kappa shape index (κ1) is 11.9. The summed E-state index contributed by atoms with van der Waals surface area (Å²) in [5, 5.41) is 6.85. The number of nitrogens with one attached hydrogen (secondary N) is 1. The van der Waals surface area contributed by atoms with Gasteiger partial charge in [-0.25, -0.2) is 0 Å². The molecule has 0 spiro atoms. The molecule has 6 heteroatoms. The van der Waals surface area contributed by atoms with E-state index in [2.05, 4.69) is 15.3 Å². The Morgan fingerprint density at radius 1 is 1.47 bits per heavy atom. The van der Waals surface area contributed by atoms with Crippen LogP contribution in [0.5, 0.6) is 0 Å². The molecule has 0 radical (unpaired) electrons. The molecule has 2 rings (SSSR count). The van der Waals surface area contributed by atoms with E-state index in [0.29, 0.717) is 12.2 Å². The molecule has 0 aliphatic carbocycles. The van der Waals surface area contributed by atoms with Crippen LogP contribution in [0.1, 0.15) is 12.8 Å². The first-order valence-corrected chi connectivity index (χ1v) is 6.01. The van der Waals surface area contributed by atoms with Crippen LogP contribution in [-0.4, -0.2) is 46.8 Å². The van der Waals surface area contributed by atoms with E-state index in [-0.39, 0.29) is 12.5 Å². The molecular weight excluding hydrogens is 218 g/mol. The van der Waals surface area contributed by atoms with E-state index in [4.69, 9.17) is 5.73 Å². The van der Waals surface area contributed by atoms with E-state index in [9.17, 15) is 4.79 Å². The zero-order valence-corrected chi connectivity index (χ0v) is 9.93. The number of aromatic nitrogens is 2. The molecule has 0 aromatic carbocycles. The zero-order chi connectivity index (χ0) is 12.1. The van der Waals surface area contributed by atoms with Crippen LogP contribution in [0.15, 0.2) is 12.4 Å². The second-order valence-electron chi connectivity index (χ2n) is 4.37. The van der Waals surface area contributed by atoms with E-state index in [1.165, 1.54) is 19.0 Å². The maximum atomic E-state index is 11.6. The quantitative estimate of drug-likeness (QED) is 0.735. The van der Waals surface area contributed by atoms with Crippen LogP contribution in [0.4, 0.5) is 5.69 Å². The Bertz CT molecular complexity index is 370. The minimum absolute atomic E-state index is 0.0210. The van der Waals surface area contributed by atoms with Crippen molar-refractivity contribution >= 4 is 11.6 Å². The summed E-state index contributed by atoms with van der Waals surface area (Å²) in [6.07, 6.45) is 5.75. The fourth-order valence-electron chi connectivity index (χ4n) is 2.03. The van der Waals surface area contributed by atoms with Gasteiger partial charge in [0.2, 0.25) is 5.91 Å². The van der Waals surface area contributed by atoms with Gasteiger partial charge >= 0.3 is 0 Å². The highest BCUT2D eigenvalue weighted by Crippen LogP contribution is 2.05. The number of carbonyl (C=O) groups is 1. The van der Waals surface area contributed by atoms with Crippen molar-refractivity contribution in [2.75, 3.05) is 31.9 Å². The molecule has 1 fully saturated rings. The summed E-state index contributed by atoms with van der Waals surface area (Å²) in [5.41, 5.74) is 6.09. The summed E-state index contributed by atoms with van der Waals surface area (Å²) >= 11 is 0. The van der Waals surface area contributed by atoms with Crippen LogP contribution in [-0.2, 0) is 11.3 Å². The first-order chi connectivity index (χ1) is 8.24. The molecule has 0 bridgehead atoms. The van der Waals surface area contributed by atoms with Crippen LogP contribution in [0.25, 0.3) is 0 Å². The summed E-state index contributed by atoms with van der Waals surface area (Å²) in [6.45, 7) is 4.19. The number of anilines is 1. The fraction of sp³-hybridized carbons (Fsp3) is 0.636. The lowest BCUT2D eigenvalue weighted by Crippen LogP contribution is -2.35. The molecule has 1 aliphatic rings. The van der Waals surface area contributed by atoms with Crippen molar-refractivity contribution in [2.45, 2.75) is 19.4 Å². The number of amides is 1. The van der Waals surface area contributed by atoms with E-state index in [1.807, 2.05) is 0 Å². The Balaban J connectivity index is 1.63. The van der Waals surface area contributed by atoms with Crippen molar-refractivity contribution < 1.29 is 4.79 Å². The smallest absolute Gasteiger partial charge is 0.241 e. The van der Waals surface area contributed by atoms with E-state index >= 15 is 0 Å². The van der Waals surface area contributed by atoms with Gasteiger partial charge in [-0.15, -0.1) is 0 Å². The molecule has 1 aromatic heterocycles. The fourth-order valence-corrected chi connectivity index (χ4v) is 2.03. The van der Waals surface area contributed by atoms with Crippen LogP contribution in [0.3, 0.4) is 0 Å². The molecule has 0 saturated carbocycles. The van der Waals surface area contributed by atoms with Gasteiger partial charge in [0, 0.05) is 19.3 Å². The lowest BCUT2D eigenvalue weighted by atomic mass is 10.4. The Morgan fingerprint density at radius 2 is 2.24 bits per heavy atom. The van der Waals surface area contributed by atoms with Gasteiger partial charge in [-0.2, -0.15) is 5.10 Å². The number of nitrogens with zero attached hydrogens (tertiary/aromatic N) is 3. The largest absolute Gasteiger partial charge is 0.396 e. The maximum Gasteiger partial charge on any atom is 0.241 e. The second-order valence-corrected chi connectivity index (χ2v) is 4.37. The van der Waals surface area contributed by atoms with Gasteiger partial charge < -0.3 is 16.0 Å². The van der Waals surface area contributed by atoms with Gasteiger partial charge in [0.25, 0.3) is 0 Å². The van der Waals surface area contributed by atoms with Crippen LogP contribution >= 0.6 is 0 Å². The number of nitrogen functional groups attached to an aromatic ring is 1. The van der Waals surface area contributed by atoms with Crippen molar-refractivity contribution in [3.05, 3.63) is 12.4 Å².